The van der Waals surface area contributed by atoms with Crippen LogP contribution in [0.2, 0.25) is 0 Å². The first-order valence-corrected chi connectivity index (χ1v) is 6.28. The molecule has 1 heterocycles. The van der Waals surface area contributed by atoms with Crippen molar-refractivity contribution in [3.63, 3.8) is 0 Å². The monoisotopic (exact) mass is 274 g/mol. The quantitative estimate of drug-likeness (QED) is 0.805. The molecule has 0 N–H and O–H groups in total. The van der Waals surface area contributed by atoms with E-state index in [2.05, 4.69) is 4.98 Å². The second-order valence-electron chi connectivity index (χ2n) is 5.03. The van der Waals surface area contributed by atoms with Crippen LogP contribution in [0.25, 0.3) is 5.69 Å². The van der Waals surface area contributed by atoms with E-state index in [9.17, 15) is 9.59 Å². The Morgan fingerprint density at radius 2 is 1.75 bits per heavy atom. The summed E-state index contributed by atoms with van der Waals surface area (Å²) >= 11 is 0. The molecule has 0 saturated carbocycles. The minimum absolute atomic E-state index is 0.333. The van der Waals surface area contributed by atoms with Crippen molar-refractivity contribution in [1.29, 1.82) is 0 Å². The van der Waals surface area contributed by atoms with E-state index in [1.165, 1.54) is 4.57 Å². The lowest BCUT2D eigenvalue weighted by molar-refractivity contribution is 0.683. The summed E-state index contributed by atoms with van der Waals surface area (Å²) in [5.41, 5.74) is 1.69. The van der Waals surface area contributed by atoms with Gasteiger partial charge in [-0.1, -0.05) is 6.07 Å². The van der Waals surface area contributed by atoms with Crippen molar-refractivity contribution in [2.24, 2.45) is 7.05 Å². The van der Waals surface area contributed by atoms with Crippen molar-refractivity contribution in [2.45, 2.75) is 13.8 Å². The van der Waals surface area contributed by atoms with Gasteiger partial charge in [-0.2, -0.15) is 4.98 Å². The van der Waals surface area contributed by atoms with Crippen LogP contribution in [-0.2, 0) is 7.05 Å². The van der Waals surface area contributed by atoms with Crippen LogP contribution in [0.4, 0.5) is 5.95 Å². The second kappa shape index (κ2) is 4.96. The Labute approximate surface area is 116 Å². The average molecular weight is 274 g/mol. The third-order valence-electron chi connectivity index (χ3n) is 3.31. The van der Waals surface area contributed by atoms with E-state index in [1.54, 1.807) is 32.1 Å². The molecule has 0 aliphatic rings. The van der Waals surface area contributed by atoms with Crippen LogP contribution in [-0.4, -0.2) is 28.2 Å². The van der Waals surface area contributed by atoms with Gasteiger partial charge in [-0.15, -0.1) is 0 Å². The van der Waals surface area contributed by atoms with Gasteiger partial charge in [0.15, 0.2) is 0 Å². The van der Waals surface area contributed by atoms with Gasteiger partial charge in [0, 0.05) is 21.1 Å². The fourth-order valence-corrected chi connectivity index (χ4v) is 2.01. The molecule has 0 unspecified atom stereocenters. The summed E-state index contributed by atoms with van der Waals surface area (Å²) in [7, 11) is 5.07. The molecule has 0 aliphatic heterocycles. The Morgan fingerprint density at radius 1 is 1.10 bits per heavy atom. The molecular formula is C14H18N4O2. The highest BCUT2D eigenvalue weighted by Crippen LogP contribution is 2.11. The molecule has 6 heteroatoms. The first-order chi connectivity index (χ1) is 9.32. The molecular weight excluding hydrogens is 256 g/mol. The summed E-state index contributed by atoms with van der Waals surface area (Å²) in [6, 6.07) is 5.45. The topological polar surface area (TPSA) is 60.1 Å². The smallest absolute Gasteiger partial charge is 0.348 e. The van der Waals surface area contributed by atoms with Crippen LogP contribution in [0.5, 0.6) is 0 Å². The molecule has 2 rings (SSSR count). The largest absolute Gasteiger partial charge is 0.359 e. The molecule has 1 aromatic carbocycles. The Balaban J connectivity index is 2.76. The van der Waals surface area contributed by atoms with Crippen molar-refractivity contribution >= 4 is 5.95 Å². The van der Waals surface area contributed by atoms with Gasteiger partial charge < -0.3 is 4.90 Å². The Kier molecular flexibility index (Phi) is 3.48. The van der Waals surface area contributed by atoms with Gasteiger partial charge in [-0.3, -0.25) is 4.57 Å². The number of anilines is 1. The fraction of sp³-hybridized carbons (Fsp3) is 0.357. The van der Waals surface area contributed by atoms with Gasteiger partial charge in [-0.25, -0.2) is 14.2 Å². The lowest BCUT2D eigenvalue weighted by Crippen LogP contribution is -2.42. The number of aryl methyl sites for hydroxylation is 2. The lowest BCUT2D eigenvalue weighted by Gasteiger charge is -2.16. The zero-order valence-corrected chi connectivity index (χ0v) is 12.3. The standard InChI is InChI=1S/C14H18N4O2/c1-9-6-7-11(8-10(9)2)18-13(19)15-12(16(3)4)17(5)14(18)20/h6-8H,1-5H3. The summed E-state index contributed by atoms with van der Waals surface area (Å²) in [6.45, 7) is 3.92. The average Bonchev–Trinajstić information content (AvgIpc) is 2.38. The molecule has 6 nitrogen and oxygen atoms in total. The summed E-state index contributed by atoms with van der Waals surface area (Å²) < 4.78 is 2.44. The van der Waals surface area contributed by atoms with E-state index >= 15 is 0 Å². The van der Waals surface area contributed by atoms with Crippen molar-refractivity contribution in [3.05, 3.63) is 50.3 Å². The molecule has 0 saturated heterocycles. The molecule has 0 bridgehead atoms. The number of rotatable bonds is 2. The van der Waals surface area contributed by atoms with Gasteiger partial charge in [0.25, 0.3) is 0 Å². The highest BCUT2D eigenvalue weighted by Gasteiger charge is 2.13. The van der Waals surface area contributed by atoms with Gasteiger partial charge in [0.05, 0.1) is 5.69 Å². The molecule has 106 valence electrons. The lowest BCUT2D eigenvalue weighted by atomic mass is 10.1. The summed E-state index contributed by atoms with van der Waals surface area (Å²) in [5, 5.41) is 0. The molecule has 0 atom stereocenters. The zero-order chi connectivity index (χ0) is 15.0. The third kappa shape index (κ3) is 2.24. The van der Waals surface area contributed by atoms with Crippen LogP contribution in [0.3, 0.4) is 0 Å². The maximum absolute atomic E-state index is 12.4. The molecule has 0 aliphatic carbocycles. The number of benzene rings is 1. The van der Waals surface area contributed by atoms with E-state index in [-0.39, 0.29) is 0 Å². The van der Waals surface area contributed by atoms with Gasteiger partial charge in [0.1, 0.15) is 0 Å². The minimum atomic E-state index is -0.569. The van der Waals surface area contributed by atoms with Crippen molar-refractivity contribution in [1.82, 2.24) is 14.1 Å². The molecule has 0 radical (unpaired) electrons. The van der Waals surface area contributed by atoms with E-state index in [1.807, 2.05) is 26.0 Å². The van der Waals surface area contributed by atoms with Gasteiger partial charge in [0.2, 0.25) is 5.95 Å². The van der Waals surface area contributed by atoms with Crippen LogP contribution in [0.15, 0.2) is 27.8 Å². The maximum atomic E-state index is 12.4. The maximum Gasteiger partial charge on any atom is 0.359 e. The van der Waals surface area contributed by atoms with Crippen LogP contribution >= 0.6 is 0 Å². The van der Waals surface area contributed by atoms with E-state index in [4.69, 9.17) is 0 Å². The van der Waals surface area contributed by atoms with Crippen molar-refractivity contribution in [2.75, 3.05) is 19.0 Å². The Morgan fingerprint density at radius 3 is 2.30 bits per heavy atom. The Bertz CT molecular complexity index is 772. The van der Waals surface area contributed by atoms with Crippen LogP contribution < -0.4 is 16.3 Å². The molecule has 0 fully saturated rings. The normalized spacial score (nSPS) is 10.7. The predicted molar refractivity (Wildman–Crippen MR) is 78.9 cm³/mol. The number of hydrogen-bond acceptors (Lipinski definition) is 4. The molecule has 0 spiro atoms. The first kappa shape index (κ1) is 14.0. The van der Waals surface area contributed by atoms with E-state index < -0.39 is 11.4 Å². The zero-order valence-electron chi connectivity index (χ0n) is 12.3. The summed E-state index contributed by atoms with van der Waals surface area (Å²) in [4.78, 5) is 30.1. The fourth-order valence-electron chi connectivity index (χ4n) is 2.01. The second-order valence-corrected chi connectivity index (χ2v) is 5.03. The number of aromatic nitrogens is 3. The number of hydrogen-bond donors (Lipinski definition) is 0. The highest BCUT2D eigenvalue weighted by molar-refractivity contribution is 5.40. The van der Waals surface area contributed by atoms with E-state index in [0.29, 0.717) is 11.6 Å². The third-order valence-corrected chi connectivity index (χ3v) is 3.31. The molecule has 0 amide bonds. The Hall–Kier alpha value is -2.37. The van der Waals surface area contributed by atoms with Crippen LogP contribution in [0.1, 0.15) is 11.1 Å². The SMILES string of the molecule is Cc1ccc(-n2c(=O)nc(N(C)C)n(C)c2=O)cc1C. The molecule has 20 heavy (non-hydrogen) atoms. The van der Waals surface area contributed by atoms with Crippen molar-refractivity contribution in [3.8, 4) is 5.69 Å². The number of nitrogens with zero attached hydrogens (tertiary/aromatic N) is 4. The first-order valence-electron chi connectivity index (χ1n) is 6.28. The predicted octanol–water partition coefficient (Wildman–Crippen LogP) is 0.614. The molecule has 1 aromatic heterocycles. The van der Waals surface area contributed by atoms with Crippen molar-refractivity contribution < 1.29 is 0 Å². The minimum Gasteiger partial charge on any atom is -0.348 e. The van der Waals surface area contributed by atoms with Gasteiger partial charge in [-0.05, 0) is 37.1 Å². The summed E-state index contributed by atoms with van der Waals surface area (Å²) in [6.07, 6.45) is 0. The summed E-state index contributed by atoms with van der Waals surface area (Å²) in [5.74, 6) is 0.333. The van der Waals surface area contributed by atoms with Crippen LogP contribution in [0, 0.1) is 13.8 Å². The molecule has 2 aromatic rings. The van der Waals surface area contributed by atoms with Gasteiger partial charge >= 0.3 is 11.4 Å². The highest BCUT2D eigenvalue weighted by atomic mass is 16.2. The van der Waals surface area contributed by atoms with E-state index in [0.717, 1.165) is 15.7 Å².